The second-order valence-electron chi connectivity index (χ2n) is 4.39. The molecule has 0 saturated carbocycles. The summed E-state index contributed by atoms with van der Waals surface area (Å²) in [7, 11) is 0. The van der Waals surface area contributed by atoms with Crippen molar-refractivity contribution in [3.05, 3.63) is 58.1 Å². The number of rotatable bonds is 2. The fourth-order valence-electron chi connectivity index (χ4n) is 1.83. The average Bonchev–Trinajstić information content (AvgIpc) is 2.37. The second kappa shape index (κ2) is 5.64. The summed E-state index contributed by atoms with van der Waals surface area (Å²) in [5.41, 5.74) is 8.53. The minimum atomic E-state index is -0.277. The van der Waals surface area contributed by atoms with E-state index in [1.54, 1.807) is 30.3 Å². The first kappa shape index (κ1) is 13.9. The van der Waals surface area contributed by atoms with E-state index in [0.29, 0.717) is 27.5 Å². The van der Waals surface area contributed by atoms with Gasteiger partial charge in [0.1, 0.15) is 6.07 Å². The smallest absolute Gasteiger partial charge is 0.255 e. The molecular formula is C15H12ClN3O. The summed E-state index contributed by atoms with van der Waals surface area (Å²) < 4.78 is 0. The molecule has 0 atom stereocenters. The zero-order valence-corrected chi connectivity index (χ0v) is 11.5. The Labute approximate surface area is 121 Å². The molecule has 0 heterocycles. The highest BCUT2D eigenvalue weighted by Crippen LogP contribution is 2.21. The Hall–Kier alpha value is -2.51. The second-order valence-corrected chi connectivity index (χ2v) is 4.80. The van der Waals surface area contributed by atoms with Gasteiger partial charge in [0.05, 0.1) is 10.6 Å². The van der Waals surface area contributed by atoms with Gasteiger partial charge >= 0.3 is 0 Å². The van der Waals surface area contributed by atoms with Crippen LogP contribution in [0.25, 0.3) is 0 Å². The number of nitrogens with one attached hydrogen (secondary N) is 1. The van der Waals surface area contributed by atoms with Crippen LogP contribution in [0.15, 0.2) is 36.4 Å². The SMILES string of the molecule is Cc1cc(N)cc(C(=O)Nc2ccc(C#N)c(Cl)c2)c1. The first-order valence-corrected chi connectivity index (χ1v) is 6.25. The Morgan fingerprint density at radius 1 is 1.30 bits per heavy atom. The van der Waals surface area contributed by atoms with Crippen molar-refractivity contribution in [1.29, 1.82) is 5.26 Å². The quantitative estimate of drug-likeness (QED) is 0.831. The number of nitriles is 1. The Kier molecular flexibility index (Phi) is 3.92. The third kappa shape index (κ3) is 3.08. The lowest BCUT2D eigenvalue weighted by Gasteiger charge is -2.08. The summed E-state index contributed by atoms with van der Waals surface area (Å²) in [6, 6.07) is 11.8. The van der Waals surface area contributed by atoms with E-state index in [1.807, 2.05) is 13.0 Å². The van der Waals surface area contributed by atoms with Crippen molar-refractivity contribution in [2.75, 3.05) is 11.1 Å². The number of benzene rings is 2. The number of amides is 1. The maximum absolute atomic E-state index is 12.1. The number of nitrogens with two attached hydrogens (primary N) is 1. The molecule has 3 N–H and O–H groups in total. The molecule has 1 amide bonds. The van der Waals surface area contributed by atoms with Gasteiger partial charge in [-0.15, -0.1) is 0 Å². The summed E-state index contributed by atoms with van der Waals surface area (Å²) >= 11 is 5.92. The highest BCUT2D eigenvalue weighted by molar-refractivity contribution is 6.32. The Balaban J connectivity index is 2.23. The van der Waals surface area contributed by atoms with Gasteiger partial charge in [0.15, 0.2) is 0 Å². The third-order valence-corrected chi connectivity index (χ3v) is 3.02. The van der Waals surface area contributed by atoms with Crippen LogP contribution in [0.5, 0.6) is 0 Å². The molecule has 2 aromatic rings. The van der Waals surface area contributed by atoms with Gasteiger partial charge in [-0.25, -0.2) is 0 Å². The van der Waals surface area contributed by atoms with E-state index in [0.717, 1.165) is 5.56 Å². The Morgan fingerprint density at radius 3 is 2.65 bits per heavy atom. The van der Waals surface area contributed by atoms with Gasteiger partial charge in [-0.1, -0.05) is 11.6 Å². The number of anilines is 2. The standard InChI is InChI=1S/C15H12ClN3O/c1-9-4-11(6-12(18)5-9)15(20)19-13-3-2-10(8-17)14(16)7-13/h2-7H,18H2,1H3,(H,19,20). The Bertz CT molecular complexity index is 699. The van der Waals surface area contributed by atoms with Crippen molar-refractivity contribution in [2.45, 2.75) is 6.92 Å². The molecular weight excluding hydrogens is 274 g/mol. The van der Waals surface area contributed by atoms with Crippen LogP contribution >= 0.6 is 11.6 Å². The van der Waals surface area contributed by atoms with Gasteiger partial charge in [-0.05, 0) is 48.9 Å². The molecule has 0 unspecified atom stereocenters. The van der Waals surface area contributed by atoms with Gasteiger partial charge in [-0.2, -0.15) is 5.26 Å². The number of hydrogen-bond donors (Lipinski definition) is 2. The van der Waals surface area contributed by atoms with Crippen LogP contribution in [0.1, 0.15) is 21.5 Å². The van der Waals surface area contributed by atoms with Crippen molar-refractivity contribution in [3.8, 4) is 6.07 Å². The van der Waals surface area contributed by atoms with Crippen LogP contribution < -0.4 is 11.1 Å². The maximum atomic E-state index is 12.1. The number of nitrogen functional groups attached to an aromatic ring is 1. The predicted molar refractivity (Wildman–Crippen MR) is 79.7 cm³/mol. The Morgan fingerprint density at radius 2 is 2.05 bits per heavy atom. The van der Waals surface area contributed by atoms with E-state index >= 15 is 0 Å². The minimum absolute atomic E-state index is 0.277. The van der Waals surface area contributed by atoms with Crippen LogP contribution in [-0.4, -0.2) is 5.91 Å². The highest BCUT2D eigenvalue weighted by atomic mass is 35.5. The number of carbonyl (C=O) groups excluding carboxylic acids is 1. The van der Waals surface area contributed by atoms with Crippen molar-refractivity contribution in [3.63, 3.8) is 0 Å². The normalized spacial score (nSPS) is 9.85. The number of aryl methyl sites for hydroxylation is 1. The molecule has 100 valence electrons. The first-order chi connectivity index (χ1) is 9.49. The number of carbonyl (C=O) groups is 1. The monoisotopic (exact) mass is 285 g/mol. The molecule has 0 aliphatic heterocycles. The number of halogens is 1. The van der Waals surface area contributed by atoms with Crippen molar-refractivity contribution < 1.29 is 4.79 Å². The van der Waals surface area contributed by atoms with Gasteiger partial charge in [-0.3, -0.25) is 4.79 Å². The van der Waals surface area contributed by atoms with Crippen LogP contribution in [0, 0.1) is 18.3 Å². The molecule has 4 nitrogen and oxygen atoms in total. The van der Waals surface area contributed by atoms with Gasteiger partial charge < -0.3 is 11.1 Å². The van der Waals surface area contributed by atoms with E-state index in [9.17, 15) is 4.79 Å². The molecule has 0 radical (unpaired) electrons. The zero-order valence-electron chi connectivity index (χ0n) is 10.8. The van der Waals surface area contributed by atoms with Crippen LogP contribution in [0.2, 0.25) is 5.02 Å². The molecule has 0 fully saturated rings. The van der Waals surface area contributed by atoms with E-state index in [4.69, 9.17) is 22.6 Å². The van der Waals surface area contributed by atoms with Gasteiger partial charge in [0, 0.05) is 16.9 Å². The van der Waals surface area contributed by atoms with Crippen molar-refractivity contribution >= 4 is 28.9 Å². The minimum Gasteiger partial charge on any atom is -0.399 e. The van der Waals surface area contributed by atoms with Crippen LogP contribution in [-0.2, 0) is 0 Å². The van der Waals surface area contributed by atoms with Crippen molar-refractivity contribution in [2.24, 2.45) is 0 Å². The lowest BCUT2D eigenvalue weighted by atomic mass is 10.1. The fraction of sp³-hybridized carbons (Fsp3) is 0.0667. The molecule has 0 bridgehead atoms. The molecule has 20 heavy (non-hydrogen) atoms. The van der Waals surface area contributed by atoms with Gasteiger partial charge in [0.2, 0.25) is 0 Å². The molecule has 0 saturated heterocycles. The van der Waals surface area contributed by atoms with E-state index < -0.39 is 0 Å². The lowest BCUT2D eigenvalue weighted by Crippen LogP contribution is -2.12. The average molecular weight is 286 g/mol. The summed E-state index contributed by atoms with van der Waals surface area (Å²) in [4.78, 5) is 12.1. The molecule has 5 heteroatoms. The highest BCUT2D eigenvalue weighted by Gasteiger charge is 2.09. The third-order valence-electron chi connectivity index (χ3n) is 2.71. The molecule has 0 spiro atoms. The first-order valence-electron chi connectivity index (χ1n) is 5.88. The van der Waals surface area contributed by atoms with E-state index in [2.05, 4.69) is 5.32 Å². The number of hydrogen-bond acceptors (Lipinski definition) is 3. The molecule has 0 aliphatic carbocycles. The van der Waals surface area contributed by atoms with E-state index in [-0.39, 0.29) is 5.91 Å². The maximum Gasteiger partial charge on any atom is 0.255 e. The largest absolute Gasteiger partial charge is 0.399 e. The molecule has 2 rings (SSSR count). The summed E-state index contributed by atoms with van der Waals surface area (Å²) in [6.45, 7) is 1.87. The zero-order chi connectivity index (χ0) is 14.7. The van der Waals surface area contributed by atoms with E-state index in [1.165, 1.54) is 6.07 Å². The summed E-state index contributed by atoms with van der Waals surface area (Å²) in [6.07, 6.45) is 0. The predicted octanol–water partition coefficient (Wildman–Crippen LogP) is 3.35. The molecule has 0 aromatic heterocycles. The van der Waals surface area contributed by atoms with Crippen LogP contribution in [0.3, 0.4) is 0 Å². The lowest BCUT2D eigenvalue weighted by molar-refractivity contribution is 0.102. The topological polar surface area (TPSA) is 78.9 Å². The molecule has 2 aromatic carbocycles. The summed E-state index contributed by atoms with van der Waals surface area (Å²) in [5.74, 6) is -0.277. The van der Waals surface area contributed by atoms with Crippen molar-refractivity contribution in [1.82, 2.24) is 0 Å². The summed E-state index contributed by atoms with van der Waals surface area (Å²) in [5, 5.41) is 11.8. The van der Waals surface area contributed by atoms with Crippen LogP contribution in [0.4, 0.5) is 11.4 Å². The number of nitrogens with zero attached hydrogens (tertiary/aromatic N) is 1. The fourth-order valence-corrected chi connectivity index (χ4v) is 2.05. The molecule has 0 aliphatic rings. The van der Waals surface area contributed by atoms with Gasteiger partial charge in [0.25, 0.3) is 5.91 Å².